The van der Waals surface area contributed by atoms with Crippen molar-refractivity contribution in [2.24, 2.45) is 5.84 Å². The van der Waals surface area contributed by atoms with E-state index in [0.29, 0.717) is 18.1 Å². The Balaban J connectivity index is 2.30. The van der Waals surface area contributed by atoms with Crippen LogP contribution in [-0.2, 0) is 0 Å². The number of carbonyl (C=O) groups excluding carboxylic acids is 1. The lowest BCUT2D eigenvalue weighted by Crippen LogP contribution is -2.30. The van der Waals surface area contributed by atoms with Crippen LogP contribution in [0.3, 0.4) is 0 Å². The SMILES string of the molecule is CCN(CC)CCCNC(=O)c1ccc(NN)nn1. The first kappa shape index (κ1) is 15.3. The van der Waals surface area contributed by atoms with Crippen LogP contribution in [0.25, 0.3) is 0 Å². The van der Waals surface area contributed by atoms with Crippen molar-refractivity contribution >= 4 is 11.7 Å². The van der Waals surface area contributed by atoms with Gasteiger partial charge in [0, 0.05) is 6.54 Å². The van der Waals surface area contributed by atoms with Gasteiger partial charge in [0.05, 0.1) is 0 Å². The molecular weight excluding hydrogens is 244 g/mol. The van der Waals surface area contributed by atoms with E-state index >= 15 is 0 Å². The number of rotatable bonds is 8. The highest BCUT2D eigenvalue weighted by atomic mass is 16.1. The van der Waals surface area contributed by atoms with Gasteiger partial charge >= 0.3 is 0 Å². The normalized spacial score (nSPS) is 10.5. The number of hydrazine groups is 1. The van der Waals surface area contributed by atoms with E-state index in [4.69, 9.17) is 5.84 Å². The average Bonchev–Trinajstić information content (AvgIpc) is 2.47. The number of nitrogens with one attached hydrogen (secondary N) is 2. The van der Waals surface area contributed by atoms with Gasteiger partial charge < -0.3 is 15.6 Å². The molecule has 106 valence electrons. The smallest absolute Gasteiger partial charge is 0.271 e. The van der Waals surface area contributed by atoms with Crippen LogP contribution < -0.4 is 16.6 Å². The molecule has 7 heteroatoms. The minimum atomic E-state index is -0.212. The Morgan fingerprint density at radius 2 is 2.05 bits per heavy atom. The molecule has 1 aromatic heterocycles. The Kier molecular flexibility index (Phi) is 6.76. The monoisotopic (exact) mass is 266 g/mol. The fourth-order valence-electron chi connectivity index (χ4n) is 1.67. The number of carbonyl (C=O) groups is 1. The zero-order valence-corrected chi connectivity index (χ0v) is 11.5. The molecule has 0 aromatic carbocycles. The van der Waals surface area contributed by atoms with Crippen molar-refractivity contribution < 1.29 is 4.79 Å². The molecule has 0 saturated carbocycles. The average molecular weight is 266 g/mol. The highest BCUT2D eigenvalue weighted by Gasteiger charge is 2.07. The van der Waals surface area contributed by atoms with Crippen LogP contribution in [0.15, 0.2) is 12.1 Å². The first-order chi connectivity index (χ1) is 9.21. The number of aromatic nitrogens is 2. The second-order valence-electron chi connectivity index (χ2n) is 4.08. The molecule has 0 saturated heterocycles. The number of nitrogens with two attached hydrogens (primary N) is 1. The first-order valence-corrected chi connectivity index (χ1v) is 6.52. The maximum Gasteiger partial charge on any atom is 0.271 e. The quantitative estimate of drug-likeness (QED) is 0.354. The molecule has 0 aliphatic carbocycles. The number of anilines is 1. The molecule has 0 bridgehead atoms. The number of nitrogen functional groups attached to an aromatic ring is 1. The number of hydrogen-bond acceptors (Lipinski definition) is 6. The van der Waals surface area contributed by atoms with Crippen molar-refractivity contribution in [1.29, 1.82) is 0 Å². The lowest BCUT2D eigenvalue weighted by molar-refractivity contribution is 0.0946. The van der Waals surface area contributed by atoms with E-state index in [1.807, 2.05) is 0 Å². The Morgan fingerprint density at radius 3 is 2.58 bits per heavy atom. The van der Waals surface area contributed by atoms with E-state index in [-0.39, 0.29) is 5.91 Å². The van der Waals surface area contributed by atoms with E-state index in [1.165, 1.54) is 0 Å². The van der Waals surface area contributed by atoms with Crippen LogP contribution in [0, 0.1) is 0 Å². The molecular formula is C12H22N6O. The van der Waals surface area contributed by atoms with Gasteiger partial charge in [-0.1, -0.05) is 13.8 Å². The summed E-state index contributed by atoms with van der Waals surface area (Å²) in [7, 11) is 0. The van der Waals surface area contributed by atoms with Crippen molar-refractivity contribution in [3.05, 3.63) is 17.8 Å². The third-order valence-electron chi connectivity index (χ3n) is 2.88. The van der Waals surface area contributed by atoms with Crippen LogP contribution >= 0.6 is 0 Å². The second kappa shape index (κ2) is 8.39. The van der Waals surface area contributed by atoms with Crippen LogP contribution in [-0.4, -0.2) is 47.2 Å². The maximum atomic E-state index is 11.7. The number of nitrogens with zero attached hydrogens (tertiary/aromatic N) is 3. The molecule has 0 radical (unpaired) electrons. The lowest BCUT2D eigenvalue weighted by atomic mass is 10.3. The van der Waals surface area contributed by atoms with Crippen molar-refractivity contribution in [3.63, 3.8) is 0 Å². The molecule has 1 heterocycles. The molecule has 1 amide bonds. The maximum absolute atomic E-state index is 11.7. The van der Waals surface area contributed by atoms with Gasteiger partial charge in [-0.3, -0.25) is 4.79 Å². The van der Waals surface area contributed by atoms with Crippen LogP contribution in [0.5, 0.6) is 0 Å². The molecule has 0 fully saturated rings. The molecule has 1 aromatic rings. The number of amides is 1. The van der Waals surface area contributed by atoms with E-state index in [2.05, 4.69) is 39.7 Å². The predicted molar refractivity (Wildman–Crippen MR) is 74.6 cm³/mol. The Bertz CT molecular complexity index is 376. The highest BCUT2D eigenvalue weighted by Crippen LogP contribution is 1.99. The van der Waals surface area contributed by atoms with Gasteiger partial charge in [-0.05, 0) is 38.2 Å². The van der Waals surface area contributed by atoms with Crippen molar-refractivity contribution in [2.75, 3.05) is 31.6 Å². The van der Waals surface area contributed by atoms with E-state index < -0.39 is 0 Å². The molecule has 1 rings (SSSR count). The molecule has 0 aliphatic rings. The zero-order chi connectivity index (χ0) is 14.1. The summed E-state index contributed by atoms with van der Waals surface area (Å²) in [6.45, 7) is 7.94. The Hall–Kier alpha value is -1.73. The van der Waals surface area contributed by atoms with Crippen molar-refractivity contribution in [2.45, 2.75) is 20.3 Å². The third kappa shape index (κ3) is 5.19. The minimum absolute atomic E-state index is 0.212. The van der Waals surface area contributed by atoms with Gasteiger partial charge in [0.25, 0.3) is 5.91 Å². The zero-order valence-electron chi connectivity index (χ0n) is 11.5. The molecule has 0 spiro atoms. The summed E-state index contributed by atoms with van der Waals surface area (Å²) in [6.07, 6.45) is 0.920. The molecule has 7 nitrogen and oxygen atoms in total. The summed E-state index contributed by atoms with van der Waals surface area (Å²) in [6, 6.07) is 3.19. The summed E-state index contributed by atoms with van der Waals surface area (Å²) in [5.41, 5.74) is 2.65. The van der Waals surface area contributed by atoms with Crippen molar-refractivity contribution in [3.8, 4) is 0 Å². The summed E-state index contributed by atoms with van der Waals surface area (Å²) in [5.74, 6) is 5.39. The van der Waals surface area contributed by atoms with E-state index in [0.717, 1.165) is 26.1 Å². The molecule has 0 atom stereocenters. The van der Waals surface area contributed by atoms with Crippen LogP contribution in [0.4, 0.5) is 5.82 Å². The summed E-state index contributed by atoms with van der Waals surface area (Å²) in [4.78, 5) is 14.1. The third-order valence-corrected chi connectivity index (χ3v) is 2.88. The predicted octanol–water partition coefficient (Wildman–Crippen LogP) is 0.224. The first-order valence-electron chi connectivity index (χ1n) is 6.52. The van der Waals surface area contributed by atoms with Crippen LogP contribution in [0.1, 0.15) is 30.8 Å². The van der Waals surface area contributed by atoms with Gasteiger partial charge in [0.2, 0.25) is 0 Å². The second-order valence-corrected chi connectivity index (χ2v) is 4.08. The van der Waals surface area contributed by atoms with Crippen LogP contribution in [0.2, 0.25) is 0 Å². The fraction of sp³-hybridized carbons (Fsp3) is 0.583. The lowest BCUT2D eigenvalue weighted by Gasteiger charge is -2.17. The molecule has 0 unspecified atom stereocenters. The van der Waals surface area contributed by atoms with Gasteiger partial charge in [-0.2, -0.15) is 0 Å². The van der Waals surface area contributed by atoms with Crippen molar-refractivity contribution in [1.82, 2.24) is 20.4 Å². The van der Waals surface area contributed by atoms with Gasteiger partial charge in [-0.25, -0.2) is 5.84 Å². The summed E-state index contributed by atoms with van der Waals surface area (Å²) >= 11 is 0. The summed E-state index contributed by atoms with van der Waals surface area (Å²) in [5, 5.41) is 10.3. The van der Waals surface area contributed by atoms with Gasteiger partial charge in [-0.15, -0.1) is 10.2 Å². The molecule has 0 aliphatic heterocycles. The number of hydrogen-bond donors (Lipinski definition) is 3. The Morgan fingerprint density at radius 1 is 1.32 bits per heavy atom. The largest absolute Gasteiger partial charge is 0.351 e. The van der Waals surface area contributed by atoms with E-state index in [9.17, 15) is 4.79 Å². The molecule has 4 N–H and O–H groups in total. The summed E-state index contributed by atoms with van der Waals surface area (Å²) < 4.78 is 0. The standard InChI is InChI=1S/C12H22N6O/c1-3-18(4-2)9-5-8-14-12(19)10-6-7-11(15-13)17-16-10/h6-7H,3-5,8-9,13H2,1-2H3,(H,14,19)(H,15,17). The highest BCUT2D eigenvalue weighted by molar-refractivity contribution is 5.92. The fourth-order valence-corrected chi connectivity index (χ4v) is 1.67. The molecule has 19 heavy (non-hydrogen) atoms. The Labute approximate surface area is 113 Å². The van der Waals surface area contributed by atoms with Gasteiger partial charge in [0.1, 0.15) is 0 Å². The van der Waals surface area contributed by atoms with E-state index in [1.54, 1.807) is 12.1 Å². The topological polar surface area (TPSA) is 96.2 Å². The minimum Gasteiger partial charge on any atom is -0.351 e. The van der Waals surface area contributed by atoms with Gasteiger partial charge in [0.15, 0.2) is 11.5 Å².